The first-order valence-electron chi connectivity index (χ1n) is 4.78. The summed E-state index contributed by atoms with van der Waals surface area (Å²) in [6.07, 6.45) is 1.30. The summed E-state index contributed by atoms with van der Waals surface area (Å²) >= 11 is 0. The van der Waals surface area contributed by atoms with Crippen molar-refractivity contribution in [1.82, 2.24) is 0 Å². The lowest BCUT2D eigenvalue weighted by Crippen LogP contribution is -2.21. The van der Waals surface area contributed by atoms with Crippen molar-refractivity contribution in [3.63, 3.8) is 0 Å². The van der Waals surface area contributed by atoms with Crippen LogP contribution in [0.5, 0.6) is 5.75 Å². The average Bonchev–Trinajstić information content (AvgIpc) is 2.99. The first-order valence-corrected chi connectivity index (χ1v) is 4.78. The number of benzene rings is 1. The van der Waals surface area contributed by atoms with Gasteiger partial charge in [-0.2, -0.15) is 0 Å². The predicted octanol–water partition coefficient (Wildman–Crippen LogP) is 1.39. The van der Waals surface area contributed by atoms with Crippen molar-refractivity contribution in [1.29, 1.82) is 0 Å². The summed E-state index contributed by atoms with van der Waals surface area (Å²) < 4.78 is 5.07. The molecule has 1 aromatic carbocycles. The first kappa shape index (κ1) is 9.83. The van der Waals surface area contributed by atoms with Gasteiger partial charge in [0.25, 0.3) is 0 Å². The van der Waals surface area contributed by atoms with Crippen molar-refractivity contribution < 1.29 is 14.6 Å². The van der Waals surface area contributed by atoms with Gasteiger partial charge in [0.15, 0.2) is 0 Å². The topological polar surface area (TPSA) is 72.5 Å². The lowest BCUT2D eigenvalue weighted by molar-refractivity contribution is -0.140. The lowest BCUT2D eigenvalue weighted by Gasteiger charge is -2.15. The highest BCUT2D eigenvalue weighted by Crippen LogP contribution is 2.51. The smallest absolute Gasteiger partial charge is 0.314 e. The minimum atomic E-state index is -0.803. The maximum Gasteiger partial charge on any atom is 0.314 e. The minimum absolute atomic E-state index is 0.444. The zero-order valence-electron chi connectivity index (χ0n) is 8.49. The number of carbonyl (C=O) groups is 1. The summed E-state index contributed by atoms with van der Waals surface area (Å²) in [5, 5.41) is 9.15. The van der Waals surface area contributed by atoms with Crippen LogP contribution in [0.2, 0.25) is 0 Å². The zero-order chi connectivity index (χ0) is 11.1. The van der Waals surface area contributed by atoms with Gasteiger partial charge in [-0.3, -0.25) is 4.79 Å². The Labute approximate surface area is 87.7 Å². The van der Waals surface area contributed by atoms with Gasteiger partial charge >= 0.3 is 5.97 Å². The van der Waals surface area contributed by atoms with E-state index in [0.29, 0.717) is 29.8 Å². The number of anilines is 1. The summed E-state index contributed by atoms with van der Waals surface area (Å²) in [4.78, 5) is 11.1. The van der Waals surface area contributed by atoms with Gasteiger partial charge in [0.2, 0.25) is 0 Å². The predicted molar refractivity (Wildman–Crippen MR) is 56.0 cm³/mol. The molecule has 0 aliphatic heterocycles. The largest absolute Gasteiger partial charge is 0.495 e. The van der Waals surface area contributed by atoms with Crippen LogP contribution in [0.15, 0.2) is 18.2 Å². The highest BCUT2D eigenvalue weighted by Gasteiger charge is 2.53. The quantitative estimate of drug-likeness (QED) is 0.735. The molecule has 1 aliphatic rings. The molecule has 1 aromatic rings. The first-order chi connectivity index (χ1) is 7.12. The molecular formula is C11H13NO3. The number of hydrogen-bond acceptors (Lipinski definition) is 3. The number of aliphatic carboxylic acids is 1. The van der Waals surface area contributed by atoms with Crippen LogP contribution in [-0.4, -0.2) is 18.2 Å². The third kappa shape index (κ3) is 1.33. The maximum absolute atomic E-state index is 11.1. The Morgan fingerprint density at radius 1 is 1.53 bits per heavy atom. The summed E-state index contributed by atoms with van der Waals surface area (Å²) in [5.41, 5.74) is 6.22. The molecule has 15 heavy (non-hydrogen) atoms. The van der Waals surface area contributed by atoms with E-state index in [9.17, 15) is 4.79 Å². The third-order valence-corrected chi connectivity index (χ3v) is 2.96. The summed E-state index contributed by atoms with van der Waals surface area (Å²) in [6.45, 7) is 0. The van der Waals surface area contributed by atoms with Gasteiger partial charge in [0, 0.05) is 0 Å². The average molecular weight is 207 g/mol. The number of rotatable bonds is 3. The molecule has 0 heterocycles. The molecule has 80 valence electrons. The number of carboxylic acid groups (broad SMARTS) is 1. The molecule has 1 saturated carbocycles. The van der Waals surface area contributed by atoms with Crippen LogP contribution in [-0.2, 0) is 10.2 Å². The summed E-state index contributed by atoms with van der Waals surface area (Å²) in [6, 6.07) is 5.27. The Morgan fingerprint density at radius 3 is 2.67 bits per heavy atom. The lowest BCUT2D eigenvalue weighted by atomic mass is 9.94. The van der Waals surface area contributed by atoms with Gasteiger partial charge in [0.05, 0.1) is 18.2 Å². The SMILES string of the molecule is COc1cccc(C2(C(=O)O)CC2)c1N. The van der Waals surface area contributed by atoms with E-state index in [1.807, 2.05) is 0 Å². The van der Waals surface area contributed by atoms with Crippen molar-refractivity contribution in [2.75, 3.05) is 12.8 Å². The Kier molecular flexibility index (Phi) is 2.07. The van der Waals surface area contributed by atoms with Crippen molar-refractivity contribution >= 4 is 11.7 Å². The molecule has 4 nitrogen and oxygen atoms in total. The number of para-hydroxylation sites is 1. The van der Waals surface area contributed by atoms with E-state index in [4.69, 9.17) is 15.6 Å². The molecule has 0 amide bonds. The summed E-state index contributed by atoms with van der Waals surface area (Å²) in [7, 11) is 1.52. The molecule has 4 heteroatoms. The molecular weight excluding hydrogens is 194 g/mol. The van der Waals surface area contributed by atoms with Crippen LogP contribution in [0.1, 0.15) is 18.4 Å². The van der Waals surface area contributed by atoms with Crippen LogP contribution in [0.3, 0.4) is 0 Å². The Balaban J connectivity index is 2.50. The van der Waals surface area contributed by atoms with Crippen LogP contribution < -0.4 is 10.5 Å². The molecule has 0 saturated heterocycles. The van der Waals surface area contributed by atoms with Crippen molar-refractivity contribution in [3.05, 3.63) is 23.8 Å². The van der Waals surface area contributed by atoms with Crippen molar-refractivity contribution in [2.24, 2.45) is 0 Å². The van der Waals surface area contributed by atoms with Crippen molar-refractivity contribution in [2.45, 2.75) is 18.3 Å². The molecule has 1 aliphatic carbocycles. The van der Waals surface area contributed by atoms with Crippen LogP contribution in [0, 0.1) is 0 Å². The van der Waals surface area contributed by atoms with Gasteiger partial charge in [-0.1, -0.05) is 12.1 Å². The van der Waals surface area contributed by atoms with Gasteiger partial charge in [-0.15, -0.1) is 0 Å². The standard InChI is InChI=1S/C11H13NO3/c1-15-8-4-2-3-7(9(8)12)11(5-6-11)10(13)14/h2-4H,5-6,12H2,1H3,(H,13,14). The van der Waals surface area contributed by atoms with E-state index in [-0.39, 0.29) is 0 Å². The summed E-state index contributed by atoms with van der Waals surface area (Å²) in [5.74, 6) is -0.262. The second kappa shape index (κ2) is 3.15. The highest BCUT2D eigenvalue weighted by molar-refractivity contribution is 5.88. The number of ether oxygens (including phenoxy) is 1. The van der Waals surface area contributed by atoms with E-state index in [1.54, 1.807) is 18.2 Å². The monoisotopic (exact) mass is 207 g/mol. The normalized spacial score (nSPS) is 17.1. The number of hydrogen-bond donors (Lipinski definition) is 2. The Morgan fingerprint density at radius 2 is 2.20 bits per heavy atom. The van der Waals surface area contributed by atoms with Crippen molar-refractivity contribution in [3.8, 4) is 5.75 Å². The van der Waals surface area contributed by atoms with E-state index in [0.717, 1.165) is 0 Å². The number of methoxy groups -OCH3 is 1. The van der Waals surface area contributed by atoms with E-state index < -0.39 is 11.4 Å². The second-order valence-electron chi connectivity index (χ2n) is 3.81. The van der Waals surface area contributed by atoms with Crippen LogP contribution in [0.25, 0.3) is 0 Å². The maximum atomic E-state index is 11.1. The number of nitrogens with two attached hydrogens (primary N) is 1. The van der Waals surface area contributed by atoms with E-state index >= 15 is 0 Å². The molecule has 0 radical (unpaired) electrons. The molecule has 0 unspecified atom stereocenters. The molecule has 1 fully saturated rings. The Hall–Kier alpha value is -1.71. The fourth-order valence-electron chi connectivity index (χ4n) is 1.86. The Bertz CT molecular complexity index is 410. The number of carboxylic acids is 1. The third-order valence-electron chi connectivity index (χ3n) is 2.96. The van der Waals surface area contributed by atoms with Gasteiger partial charge in [0.1, 0.15) is 5.75 Å². The molecule has 2 rings (SSSR count). The van der Waals surface area contributed by atoms with Crippen LogP contribution >= 0.6 is 0 Å². The number of nitrogen functional groups attached to an aromatic ring is 1. The molecule has 0 spiro atoms. The molecule has 0 atom stereocenters. The minimum Gasteiger partial charge on any atom is -0.495 e. The van der Waals surface area contributed by atoms with E-state index in [1.165, 1.54) is 7.11 Å². The molecule has 0 bridgehead atoms. The fourth-order valence-corrected chi connectivity index (χ4v) is 1.86. The zero-order valence-corrected chi connectivity index (χ0v) is 8.49. The van der Waals surface area contributed by atoms with Crippen LogP contribution in [0.4, 0.5) is 5.69 Å². The highest BCUT2D eigenvalue weighted by atomic mass is 16.5. The molecule has 3 N–H and O–H groups in total. The van der Waals surface area contributed by atoms with Gasteiger partial charge in [-0.25, -0.2) is 0 Å². The van der Waals surface area contributed by atoms with Gasteiger partial charge < -0.3 is 15.6 Å². The van der Waals surface area contributed by atoms with E-state index in [2.05, 4.69) is 0 Å². The fraction of sp³-hybridized carbons (Fsp3) is 0.364. The van der Waals surface area contributed by atoms with Gasteiger partial charge in [-0.05, 0) is 24.5 Å². The molecule has 0 aromatic heterocycles. The second-order valence-corrected chi connectivity index (χ2v) is 3.81.